The molecule has 1 heteroatoms. The van der Waals surface area contributed by atoms with Gasteiger partial charge in [0.1, 0.15) is 0 Å². The van der Waals surface area contributed by atoms with Crippen LogP contribution in [-0.4, -0.2) is 0 Å². The molecule has 0 aliphatic heterocycles. The Balaban J connectivity index is 2.96. The molecule has 0 atom stereocenters. The van der Waals surface area contributed by atoms with Gasteiger partial charge in [-0.3, -0.25) is 0 Å². The number of rotatable bonds is 1. The van der Waals surface area contributed by atoms with Gasteiger partial charge in [0.2, 0.25) is 0 Å². The van der Waals surface area contributed by atoms with E-state index >= 15 is 0 Å². The van der Waals surface area contributed by atoms with Crippen LogP contribution in [0.15, 0.2) is 36.4 Å². The second-order valence-electron chi connectivity index (χ2n) is 2.11. The van der Waals surface area contributed by atoms with Crippen LogP contribution in [0, 0.1) is 0 Å². The fourth-order valence-electron chi connectivity index (χ4n) is 0.797. The average Bonchev–Trinajstić information content (AvgIpc) is 2.05. The van der Waals surface area contributed by atoms with Crippen molar-refractivity contribution in [3.05, 3.63) is 42.0 Å². The average molecular weight is 133 g/mol. The summed E-state index contributed by atoms with van der Waals surface area (Å²) in [6.07, 6.45) is 1.90. The lowest BCUT2D eigenvalue weighted by molar-refractivity contribution is 1.49. The molecule has 1 aromatic rings. The van der Waals surface area contributed by atoms with E-state index in [0.29, 0.717) is 0 Å². The Kier molecular flexibility index (Phi) is 2.11. The molecule has 0 radical (unpaired) electrons. The van der Waals surface area contributed by atoms with Gasteiger partial charge in [-0.05, 0) is 12.5 Å². The highest BCUT2D eigenvalue weighted by atomic mass is 14.6. The lowest BCUT2D eigenvalue weighted by Gasteiger charge is -1.97. The molecule has 0 aliphatic rings. The van der Waals surface area contributed by atoms with Crippen molar-refractivity contribution in [3.63, 3.8) is 0 Å². The predicted octanol–water partition coefficient (Wildman–Crippen LogP) is 2.01. The molecular weight excluding hydrogens is 122 g/mol. The highest BCUT2D eigenvalue weighted by Gasteiger charge is 1.89. The first-order chi connectivity index (χ1) is 4.84. The van der Waals surface area contributed by atoms with Crippen molar-refractivity contribution in [1.29, 1.82) is 0 Å². The van der Waals surface area contributed by atoms with Gasteiger partial charge in [0.05, 0.1) is 0 Å². The zero-order valence-electron chi connectivity index (χ0n) is 6.04. The Hall–Kier alpha value is -1.24. The van der Waals surface area contributed by atoms with Gasteiger partial charge in [0.25, 0.3) is 0 Å². The van der Waals surface area contributed by atoms with E-state index in [0.717, 1.165) is 11.3 Å². The first kappa shape index (κ1) is 6.87. The normalized spacial score (nSPS) is 11.5. The Labute approximate surface area is 61.2 Å². The third-order valence-corrected chi connectivity index (χ3v) is 1.42. The third kappa shape index (κ3) is 1.38. The summed E-state index contributed by atoms with van der Waals surface area (Å²) in [4.78, 5) is 0. The largest absolute Gasteiger partial charge is 0.399 e. The van der Waals surface area contributed by atoms with Gasteiger partial charge < -0.3 is 5.73 Å². The maximum atomic E-state index is 5.66. The van der Waals surface area contributed by atoms with Gasteiger partial charge >= 0.3 is 0 Å². The van der Waals surface area contributed by atoms with E-state index in [4.69, 9.17) is 5.73 Å². The molecule has 0 aliphatic carbocycles. The maximum Gasteiger partial charge on any atom is 0.0344 e. The summed E-state index contributed by atoms with van der Waals surface area (Å²) in [5.41, 5.74) is 7.58. The Bertz CT molecular complexity index is 224. The van der Waals surface area contributed by atoms with Crippen molar-refractivity contribution in [1.82, 2.24) is 0 Å². The first-order valence-corrected chi connectivity index (χ1v) is 3.32. The van der Waals surface area contributed by atoms with E-state index in [1.54, 1.807) is 0 Å². The second kappa shape index (κ2) is 3.06. The fraction of sp³-hybridized carbons (Fsp3) is 0.111. The molecule has 2 N–H and O–H groups in total. The molecule has 0 unspecified atom stereocenters. The molecule has 1 nitrogen and oxygen atoms in total. The maximum absolute atomic E-state index is 5.66. The number of benzene rings is 1. The smallest absolute Gasteiger partial charge is 0.0344 e. The van der Waals surface area contributed by atoms with Gasteiger partial charge in [-0.25, -0.2) is 0 Å². The number of hydrogen-bond acceptors (Lipinski definition) is 1. The molecule has 0 aromatic heterocycles. The molecule has 10 heavy (non-hydrogen) atoms. The van der Waals surface area contributed by atoms with Crippen LogP contribution in [0.2, 0.25) is 0 Å². The lowest BCUT2D eigenvalue weighted by atomic mass is 10.2. The van der Waals surface area contributed by atoms with Crippen LogP contribution in [-0.2, 0) is 0 Å². The fourth-order valence-corrected chi connectivity index (χ4v) is 0.797. The standard InChI is InChI=1S/C9H11N/c1-2-9(10)8-6-4-3-5-7-8/h2-7H,10H2,1H3/b9-2+. The topological polar surface area (TPSA) is 26.0 Å². The van der Waals surface area contributed by atoms with Gasteiger partial charge in [-0.15, -0.1) is 0 Å². The van der Waals surface area contributed by atoms with Crippen molar-refractivity contribution in [2.24, 2.45) is 5.73 Å². The molecule has 0 saturated carbocycles. The molecule has 0 spiro atoms. The molecule has 1 aromatic carbocycles. The van der Waals surface area contributed by atoms with Crippen LogP contribution in [0.5, 0.6) is 0 Å². The van der Waals surface area contributed by atoms with Gasteiger partial charge in [0.15, 0.2) is 0 Å². The summed E-state index contributed by atoms with van der Waals surface area (Å²) in [7, 11) is 0. The molecule has 1 rings (SSSR count). The molecule has 0 fully saturated rings. The van der Waals surface area contributed by atoms with Crippen LogP contribution in [0.25, 0.3) is 5.70 Å². The molecular formula is C9H11N. The summed E-state index contributed by atoms with van der Waals surface area (Å²) in [5.74, 6) is 0. The van der Waals surface area contributed by atoms with Crippen molar-refractivity contribution < 1.29 is 0 Å². The quantitative estimate of drug-likeness (QED) is 0.623. The van der Waals surface area contributed by atoms with E-state index in [1.165, 1.54) is 0 Å². The van der Waals surface area contributed by atoms with E-state index in [1.807, 2.05) is 43.3 Å². The number of hydrogen-bond donors (Lipinski definition) is 1. The minimum atomic E-state index is 0.834. The van der Waals surface area contributed by atoms with E-state index in [9.17, 15) is 0 Å². The van der Waals surface area contributed by atoms with Gasteiger partial charge in [0, 0.05) is 5.70 Å². The summed E-state index contributed by atoms with van der Waals surface area (Å²) in [6.45, 7) is 1.93. The minimum Gasteiger partial charge on any atom is -0.399 e. The van der Waals surface area contributed by atoms with Crippen molar-refractivity contribution >= 4 is 5.70 Å². The highest BCUT2D eigenvalue weighted by molar-refractivity contribution is 5.61. The SMILES string of the molecule is C/C=C(/N)c1ccccc1. The first-order valence-electron chi connectivity index (χ1n) is 3.32. The van der Waals surface area contributed by atoms with E-state index in [2.05, 4.69) is 0 Å². The molecule has 52 valence electrons. The van der Waals surface area contributed by atoms with Crippen LogP contribution in [0.1, 0.15) is 12.5 Å². The van der Waals surface area contributed by atoms with Crippen molar-refractivity contribution in [2.45, 2.75) is 6.92 Å². The van der Waals surface area contributed by atoms with Crippen molar-refractivity contribution in [2.75, 3.05) is 0 Å². The summed E-state index contributed by atoms with van der Waals surface area (Å²) < 4.78 is 0. The molecule has 0 heterocycles. The van der Waals surface area contributed by atoms with E-state index in [-0.39, 0.29) is 0 Å². The zero-order chi connectivity index (χ0) is 7.40. The Morgan fingerprint density at radius 1 is 1.30 bits per heavy atom. The summed E-state index contributed by atoms with van der Waals surface area (Å²) in [6, 6.07) is 9.93. The summed E-state index contributed by atoms with van der Waals surface area (Å²) in [5, 5.41) is 0. The van der Waals surface area contributed by atoms with Gasteiger partial charge in [-0.2, -0.15) is 0 Å². The molecule has 0 saturated heterocycles. The predicted molar refractivity (Wildman–Crippen MR) is 44.3 cm³/mol. The molecule has 0 bridgehead atoms. The lowest BCUT2D eigenvalue weighted by Crippen LogP contribution is -1.93. The van der Waals surface area contributed by atoms with Crippen LogP contribution < -0.4 is 5.73 Å². The van der Waals surface area contributed by atoms with Crippen molar-refractivity contribution in [3.8, 4) is 0 Å². The number of nitrogens with two attached hydrogens (primary N) is 1. The summed E-state index contributed by atoms with van der Waals surface area (Å²) >= 11 is 0. The van der Waals surface area contributed by atoms with Crippen LogP contribution in [0.4, 0.5) is 0 Å². The molecule has 0 amide bonds. The van der Waals surface area contributed by atoms with Crippen LogP contribution in [0.3, 0.4) is 0 Å². The van der Waals surface area contributed by atoms with Crippen LogP contribution >= 0.6 is 0 Å². The zero-order valence-corrected chi connectivity index (χ0v) is 6.04. The Morgan fingerprint density at radius 2 is 1.90 bits per heavy atom. The number of allylic oxidation sites excluding steroid dienone is 1. The van der Waals surface area contributed by atoms with E-state index < -0.39 is 0 Å². The minimum absolute atomic E-state index is 0.834. The highest BCUT2D eigenvalue weighted by Crippen LogP contribution is 2.06. The van der Waals surface area contributed by atoms with Gasteiger partial charge in [-0.1, -0.05) is 36.4 Å². The Morgan fingerprint density at radius 3 is 2.40 bits per heavy atom. The monoisotopic (exact) mass is 133 g/mol. The second-order valence-corrected chi connectivity index (χ2v) is 2.11. The third-order valence-electron chi connectivity index (χ3n) is 1.42.